The first-order chi connectivity index (χ1) is 8.02. The quantitative estimate of drug-likeness (QED) is 0.833. The molecule has 0 fully saturated rings. The highest BCUT2D eigenvalue weighted by molar-refractivity contribution is 8.13. The van der Waals surface area contributed by atoms with Crippen LogP contribution in [0.5, 0.6) is 0 Å². The second-order valence-electron chi connectivity index (χ2n) is 3.87. The summed E-state index contributed by atoms with van der Waals surface area (Å²) in [5.41, 5.74) is 1.53. The molecule has 1 aromatic rings. The average Bonchev–Trinajstić information content (AvgIpc) is 2.28. The second kappa shape index (κ2) is 6.74. The van der Waals surface area contributed by atoms with Gasteiger partial charge >= 0.3 is 0 Å². The SMILES string of the molecule is CC(=O)SCCC(O)C(O)c1ccncc1C. The molecule has 0 bridgehead atoms. The van der Waals surface area contributed by atoms with Gasteiger partial charge in [0.15, 0.2) is 5.12 Å². The second-order valence-corrected chi connectivity index (χ2v) is 5.15. The molecule has 4 nitrogen and oxygen atoms in total. The molecule has 0 aromatic carbocycles. The maximum Gasteiger partial charge on any atom is 0.185 e. The van der Waals surface area contributed by atoms with Gasteiger partial charge in [0, 0.05) is 25.1 Å². The largest absolute Gasteiger partial charge is 0.390 e. The van der Waals surface area contributed by atoms with Gasteiger partial charge in [-0.05, 0) is 30.5 Å². The lowest BCUT2D eigenvalue weighted by Crippen LogP contribution is -2.20. The summed E-state index contributed by atoms with van der Waals surface area (Å²) in [6.45, 7) is 3.32. The molecule has 94 valence electrons. The van der Waals surface area contributed by atoms with Crippen LogP contribution in [0.2, 0.25) is 0 Å². The molecule has 0 aliphatic carbocycles. The van der Waals surface area contributed by atoms with E-state index in [0.717, 1.165) is 17.3 Å². The van der Waals surface area contributed by atoms with Gasteiger partial charge in [-0.1, -0.05) is 11.8 Å². The summed E-state index contributed by atoms with van der Waals surface area (Å²) in [5.74, 6) is 0.512. The number of thioether (sulfide) groups is 1. The first-order valence-corrected chi connectivity index (χ1v) is 6.41. The fraction of sp³-hybridized carbons (Fsp3) is 0.500. The van der Waals surface area contributed by atoms with Gasteiger partial charge < -0.3 is 10.2 Å². The minimum Gasteiger partial charge on any atom is -0.390 e. The Balaban J connectivity index is 2.55. The van der Waals surface area contributed by atoms with Crippen LogP contribution < -0.4 is 0 Å². The van der Waals surface area contributed by atoms with E-state index in [0.29, 0.717) is 17.7 Å². The highest BCUT2D eigenvalue weighted by Crippen LogP contribution is 2.22. The Morgan fingerprint density at radius 2 is 2.24 bits per heavy atom. The monoisotopic (exact) mass is 255 g/mol. The molecule has 0 aliphatic heterocycles. The third kappa shape index (κ3) is 4.46. The van der Waals surface area contributed by atoms with Crippen LogP contribution >= 0.6 is 11.8 Å². The van der Waals surface area contributed by atoms with E-state index in [4.69, 9.17) is 0 Å². The van der Waals surface area contributed by atoms with Crippen LogP contribution in [0.1, 0.15) is 30.6 Å². The summed E-state index contributed by atoms with van der Waals surface area (Å²) in [5, 5.41) is 19.8. The first-order valence-electron chi connectivity index (χ1n) is 5.42. The highest BCUT2D eigenvalue weighted by Gasteiger charge is 2.19. The van der Waals surface area contributed by atoms with Crippen molar-refractivity contribution in [1.29, 1.82) is 0 Å². The molecule has 0 saturated carbocycles. The summed E-state index contributed by atoms with van der Waals surface area (Å²) in [7, 11) is 0. The summed E-state index contributed by atoms with van der Waals surface area (Å²) in [4.78, 5) is 14.7. The van der Waals surface area contributed by atoms with Crippen LogP contribution in [0.25, 0.3) is 0 Å². The predicted molar refractivity (Wildman–Crippen MR) is 67.7 cm³/mol. The molecule has 5 heteroatoms. The highest BCUT2D eigenvalue weighted by atomic mass is 32.2. The van der Waals surface area contributed by atoms with Crippen LogP contribution in [0.15, 0.2) is 18.5 Å². The number of aromatic nitrogens is 1. The molecule has 0 radical (unpaired) electrons. The number of nitrogens with zero attached hydrogens (tertiary/aromatic N) is 1. The molecular formula is C12H17NO3S. The van der Waals surface area contributed by atoms with Gasteiger partial charge in [0.05, 0.1) is 6.10 Å². The van der Waals surface area contributed by atoms with E-state index in [2.05, 4.69) is 4.98 Å². The molecular weight excluding hydrogens is 238 g/mol. The molecule has 1 heterocycles. The van der Waals surface area contributed by atoms with E-state index in [-0.39, 0.29) is 5.12 Å². The van der Waals surface area contributed by atoms with Gasteiger partial charge in [0.2, 0.25) is 0 Å². The van der Waals surface area contributed by atoms with Crippen molar-refractivity contribution in [2.45, 2.75) is 32.5 Å². The van der Waals surface area contributed by atoms with Gasteiger partial charge in [-0.3, -0.25) is 9.78 Å². The van der Waals surface area contributed by atoms with Crippen molar-refractivity contribution in [3.63, 3.8) is 0 Å². The van der Waals surface area contributed by atoms with Crippen molar-refractivity contribution in [3.05, 3.63) is 29.6 Å². The van der Waals surface area contributed by atoms with Crippen molar-refractivity contribution in [1.82, 2.24) is 4.98 Å². The van der Waals surface area contributed by atoms with Crippen LogP contribution in [-0.2, 0) is 4.79 Å². The third-order valence-electron chi connectivity index (χ3n) is 2.47. The van der Waals surface area contributed by atoms with Crippen molar-refractivity contribution in [2.75, 3.05) is 5.75 Å². The van der Waals surface area contributed by atoms with Crippen LogP contribution in [0, 0.1) is 6.92 Å². The number of carbonyl (C=O) groups excluding carboxylic acids is 1. The number of hydrogen-bond acceptors (Lipinski definition) is 5. The van der Waals surface area contributed by atoms with E-state index in [1.54, 1.807) is 18.5 Å². The fourth-order valence-electron chi connectivity index (χ4n) is 1.50. The number of aliphatic hydroxyl groups excluding tert-OH is 2. The Morgan fingerprint density at radius 1 is 1.53 bits per heavy atom. The lowest BCUT2D eigenvalue weighted by Gasteiger charge is -2.19. The standard InChI is InChI=1S/C12H17NO3S/c1-8-7-13-5-3-10(8)12(16)11(15)4-6-17-9(2)14/h3,5,7,11-12,15-16H,4,6H2,1-2H3. The zero-order valence-corrected chi connectivity index (χ0v) is 10.8. The lowest BCUT2D eigenvalue weighted by atomic mass is 10.0. The molecule has 2 N–H and O–H groups in total. The third-order valence-corrected chi connectivity index (χ3v) is 3.31. The molecule has 0 saturated heterocycles. The molecule has 0 aliphatic rings. The maximum atomic E-state index is 10.7. The zero-order valence-electron chi connectivity index (χ0n) is 9.96. The number of aryl methyl sites for hydroxylation is 1. The molecule has 2 unspecified atom stereocenters. The summed E-state index contributed by atoms with van der Waals surface area (Å²) in [6.07, 6.45) is 1.83. The summed E-state index contributed by atoms with van der Waals surface area (Å²) < 4.78 is 0. The Bertz CT molecular complexity index is 384. The Kier molecular flexibility index (Phi) is 5.61. The van der Waals surface area contributed by atoms with Crippen LogP contribution in [-0.4, -0.2) is 32.2 Å². The predicted octanol–water partition coefficient (Wildman–Crippen LogP) is 1.45. The molecule has 1 aromatic heterocycles. The Labute approximate surface area is 105 Å². The van der Waals surface area contributed by atoms with Crippen molar-refractivity contribution in [2.24, 2.45) is 0 Å². The fourth-order valence-corrected chi connectivity index (χ4v) is 2.15. The van der Waals surface area contributed by atoms with Crippen LogP contribution in [0.3, 0.4) is 0 Å². The van der Waals surface area contributed by atoms with Crippen LogP contribution in [0.4, 0.5) is 0 Å². The van der Waals surface area contributed by atoms with Crippen molar-refractivity contribution in [3.8, 4) is 0 Å². The van der Waals surface area contributed by atoms with Gasteiger partial charge in [-0.15, -0.1) is 0 Å². The molecule has 17 heavy (non-hydrogen) atoms. The zero-order chi connectivity index (χ0) is 12.8. The van der Waals surface area contributed by atoms with E-state index >= 15 is 0 Å². The number of aliphatic hydroxyl groups is 2. The van der Waals surface area contributed by atoms with Gasteiger partial charge in [-0.25, -0.2) is 0 Å². The van der Waals surface area contributed by atoms with Crippen molar-refractivity contribution >= 4 is 16.9 Å². The molecule has 1 rings (SSSR count). The average molecular weight is 255 g/mol. The summed E-state index contributed by atoms with van der Waals surface area (Å²) in [6, 6.07) is 1.70. The van der Waals surface area contributed by atoms with Crippen molar-refractivity contribution < 1.29 is 15.0 Å². The van der Waals surface area contributed by atoms with Gasteiger partial charge in [-0.2, -0.15) is 0 Å². The van der Waals surface area contributed by atoms with E-state index in [9.17, 15) is 15.0 Å². The van der Waals surface area contributed by atoms with Gasteiger partial charge in [0.25, 0.3) is 0 Å². The minimum atomic E-state index is -0.925. The molecule has 0 amide bonds. The topological polar surface area (TPSA) is 70.4 Å². The normalized spacial score (nSPS) is 14.4. The number of rotatable bonds is 5. The first kappa shape index (κ1) is 14.2. The molecule has 2 atom stereocenters. The Morgan fingerprint density at radius 3 is 2.82 bits per heavy atom. The van der Waals surface area contributed by atoms with E-state index in [1.807, 2.05) is 6.92 Å². The number of carbonyl (C=O) groups is 1. The van der Waals surface area contributed by atoms with E-state index < -0.39 is 12.2 Å². The van der Waals surface area contributed by atoms with Gasteiger partial charge in [0.1, 0.15) is 6.10 Å². The summed E-state index contributed by atoms with van der Waals surface area (Å²) >= 11 is 1.15. The molecule has 0 spiro atoms. The lowest BCUT2D eigenvalue weighted by molar-refractivity contribution is -0.109. The maximum absolute atomic E-state index is 10.7. The minimum absolute atomic E-state index is 0.0202. The number of hydrogen-bond donors (Lipinski definition) is 2. The number of pyridine rings is 1. The smallest absolute Gasteiger partial charge is 0.185 e. The Hall–Kier alpha value is -0.910. The van der Waals surface area contributed by atoms with E-state index in [1.165, 1.54) is 6.92 Å².